The fourth-order valence-corrected chi connectivity index (χ4v) is 1.65. The van der Waals surface area contributed by atoms with Crippen LogP contribution in [0.15, 0.2) is 24.3 Å². The summed E-state index contributed by atoms with van der Waals surface area (Å²) in [5, 5.41) is 9.39. The van der Waals surface area contributed by atoms with E-state index in [1.165, 1.54) is 0 Å². The van der Waals surface area contributed by atoms with Gasteiger partial charge in [-0.1, -0.05) is 29.8 Å². The minimum atomic E-state index is -0.147. The number of nitrogens with one attached hydrogen (secondary N) is 3. The molecule has 0 spiro atoms. The van der Waals surface area contributed by atoms with Crippen molar-refractivity contribution in [3.8, 4) is 0 Å². The summed E-state index contributed by atoms with van der Waals surface area (Å²) < 4.78 is 0. The molecule has 0 radical (unpaired) electrons. The van der Waals surface area contributed by atoms with Crippen LogP contribution in [0.1, 0.15) is 5.56 Å². The third-order valence-electron chi connectivity index (χ3n) is 2.51. The number of amides is 2. The van der Waals surface area contributed by atoms with Crippen molar-refractivity contribution in [3.05, 3.63) is 34.9 Å². The van der Waals surface area contributed by atoms with Gasteiger partial charge in [0.05, 0.1) is 6.04 Å². The summed E-state index contributed by atoms with van der Waals surface area (Å²) in [5.74, 6) is 0. The van der Waals surface area contributed by atoms with Gasteiger partial charge in [-0.25, -0.2) is 4.79 Å². The molecule has 1 fully saturated rings. The quantitative estimate of drug-likeness (QED) is 0.740. The molecule has 4 nitrogen and oxygen atoms in total. The molecule has 16 heavy (non-hydrogen) atoms. The van der Waals surface area contributed by atoms with Gasteiger partial charge in [-0.15, -0.1) is 0 Å². The van der Waals surface area contributed by atoms with Crippen molar-refractivity contribution in [3.63, 3.8) is 0 Å². The Kier molecular flexibility index (Phi) is 3.64. The number of carbonyl (C=O) groups excluding carboxylic acids is 1. The van der Waals surface area contributed by atoms with E-state index in [2.05, 4.69) is 16.0 Å². The first kappa shape index (κ1) is 11.2. The van der Waals surface area contributed by atoms with Gasteiger partial charge in [0.2, 0.25) is 0 Å². The van der Waals surface area contributed by atoms with Crippen molar-refractivity contribution >= 4 is 17.6 Å². The fraction of sp³-hybridized carbons (Fsp3) is 0.364. The Balaban J connectivity index is 1.78. The highest BCUT2D eigenvalue weighted by Crippen LogP contribution is 2.14. The van der Waals surface area contributed by atoms with Crippen LogP contribution < -0.4 is 16.0 Å². The first-order valence-corrected chi connectivity index (χ1v) is 5.62. The van der Waals surface area contributed by atoms with Gasteiger partial charge in [0.1, 0.15) is 0 Å². The minimum absolute atomic E-state index is 0.147. The lowest BCUT2D eigenvalue weighted by Gasteiger charge is -2.27. The second-order valence-electron chi connectivity index (χ2n) is 3.77. The standard InChI is InChI=1S/C11H14ClN3O/c12-10-4-2-1-3-8(10)5-14-11(16)15-9-6-13-7-9/h1-4,9,13H,5-7H2,(H2,14,15,16). The van der Waals surface area contributed by atoms with Crippen molar-refractivity contribution in [1.82, 2.24) is 16.0 Å². The highest BCUT2D eigenvalue weighted by molar-refractivity contribution is 6.31. The molecule has 1 saturated heterocycles. The highest BCUT2D eigenvalue weighted by atomic mass is 35.5. The number of benzene rings is 1. The van der Waals surface area contributed by atoms with E-state index in [-0.39, 0.29) is 12.1 Å². The number of halogens is 1. The molecule has 0 aliphatic carbocycles. The highest BCUT2D eigenvalue weighted by Gasteiger charge is 2.18. The monoisotopic (exact) mass is 239 g/mol. The summed E-state index contributed by atoms with van der Waals surface area (Å²) in [6.45, 7) is 2.14. The topological polar surface area (TPSA) is 53.2 Å². The zero-order valence-corrected chi connectivity index (χ0v) is 9.55. The van der Waals surface area contributed by atoms with Crippen LogP contribution in [0.4, 0.5) is 4.79 Å². The van der Waals surface area contributed by atoms with Gasteiger partial charge in [0.25, 0.3) is 0 Å². The SMILES string of the molecule is O=C(NCc1ccccc1Cl)NC1CNC1. The van der Waals surface area contributed by atoms with E-state index >= 15 is 0 Å². The largest absolute Gasteiger partial charge is 0.334 e. The van der Waals surface area contributed by atoms with E-state index in [9.17, 15) is 4.79 Å². The van der Waals surface area contributed by atoms with Crippen molar-refractivity contribution < 1.29 is 4.79 Å². The molecule has 0 atom stereocenters. The molecule has 2 rings (SSSR count). The normalized spacial score (nSPS) is 15.3. The van der Waals surface area contributed by atoms with Gasteiger partial charge in [-0.2, -0.15) is 0 Å². The molecule has 0 saturated carbocycles. The zero-order chi connectivity index (χ0) is 11.4. The molecule has 1 aromatic carbocycles. The van der Waals surface area contributed by atoms with Gasteiger partial charge >= 0.3 is 6.03 Å². The van der Waals surface area contributed by atoms with E-state index in [1.54, 1.807) is 0 Å². The first-order valence-electron chi connectivity index (χ1n) is 5.24. The predicted molar refractivity (Wildman–Crippen MR) is 63.5 cm³/mol. The molecule has 86 valence electrons. The molecular formula is C11H14ClN3O. The van der Waals surface area contributed by atoms with E-state index in [0.717, 1.165) is 18.7 Å². The average Bonchev–Trinajstić information content (AvgIpc) is 2.22. The lowest BCUT2D eigenvalue weighted by molar-refractivity contribution is 0.231. The maximum Gasteiger partial charge on any atom is 0.315 e. The molecule has 2 amide bonds. The summed E-state index contributed by atoms with van der Waals surface area (Å²) in [6, 6.07) is 7.58. The maximum atomic E-state index is 11.4. The van der Waals surface area contributed by atoms with Gasteiger partial charge in [-0.05, 0) is 11.6 Å². The number of rotatable bonds is 3. The van der Waals surface area contributed by atoms with Crippen LogP contribution in [0, 0.1) is 0 Å². The van der Waals surface area contributed by atoms with Crippen molar-refractivity contribution in [2.24, 2.45) is 0 Å². The number of hydrogen-bond donors (Lipinski definition) is 3. The van der Waals surface area contributed by atoms with Crippen molar-refractivity contribution in [2.75, 3.05) is 13.1 Å². The fourth-order valence-electron chi connectivity index (χ4n) is 1.44. The second kappa shape index (κ2) is 5.18. The summed E-state index contributed by atoms with van der Waals surface area (Å²) in [5.41, 5.74) is 0.922. The first-order chi connectivity index (χ1) is 7.75. The van der Waals surface area contributed by atoms with Crippen LogP contribution in [0.3, 0.4) is 0 Å². The number of urea groups is 1. The molecule has 5 heteroatoms. The van der Waals surface area contributed by atoms with Crippen molar-refractivity contribution in [2.45, 2.75) is 12.6 Å². The Labute approximate surface area is 99.4 Å². The summed E-state index contributed by atoms with van der Waals surface area (Å²) >= 11 is 5.97. The Morgan fingerprint density at radius 2 is 2.19 bits per heavy atom. The van der Waals surface area contributed by atoms with E-state index in [0.29, 0.717) is 11.6 Å². The molecule has 0 unspecified atom stereocenters. The third-order valence-corrected chi connectivity index (χ3v) is 2.88. The third kappa shape index (κ3) is 2.87. The molecule has 0 bridgehead atoms. The zero-order valence-electron chi connectivity index (χ0n) is 8.79. The Morgan fingerprint density at radius 3 is 2.81 bits per heavy atom. The molecule has 1 aromatic rings. The lowest BCUT2D eigenvalue weighted by Crippen LogP contribution is -2.58. The number of hydrogen-bond acceptors (Lipinski definition) is 2. The Hall–Kier alpha value is -1.26. The van der Waals surface area contributed by atoms with E-state index in [4.69, 9.17) is 11.6 Å². The molecule has 1 aliphatic rings. The predicted octanol–water partition coefficient (Wildman–Crippen LogP) is 1.11. The molecular weight excluding hydrogens is 226 g/mol. The van der Waals surface area contributed by atoms with Crippen molar-refractivity contribution in [1.29, 1.82) is 0 Å². The average molecular weight is 240 g/mol. The maximum absolute atomic E-state index is 11.4. The molecule has 0 aromatic heterocycles. The van der Waals surface area contributed by atoms with Crippen LogP contribution in [0.5, 0.6) is 0 Å². The van der Waals surface area contributed by atoms with Crippen LogP contribution in [0.2, 0.25) is 5.02 Å². The lowest BCUT2D eigenvalue weighted by atomic mass is 10.2. The van der Waals surface area contributed by atoms with Gasteiger partial charge in [-0.3, -0.25) is 0 Å². The number of carbonyl (C=O) groups is 1. The van der Waals surface area contributed by atoms with E-state index in [1.807, 2.05) is 24.3 Å². The summed E-state index contributed by atoms with van der Waals surface area (Å²) in [7, 11) is 0. The van der Waals surface area contributed by atoms with Crippen LogP contribution in [0.25, 0.3) is 0 Å². The van der Waals surface area contributed by atoms with Crippen LogP contribution in [-0.2, 0) is 6.54 Å². The Bertz CT molecular complexity index is 379. The smallest absolute Gasteiger partial charge is 0.315 e. The van der Waals surface area contributed by atoms with Crippen LogP contribution in [-0.4, -0.2) is 25.2 Å². The van der Waals surface area contributed by atoms with Crippen LogP contribution >= 0.6 is 11.6 Å². The minimum Gasteiger partial charge on any atom is -0.334 e. The molecule has 1 aliphatic heterocycles. The summed E-state index contributed by atoms with van der Waals surface area (Å²) in [6.07, 6.45) is 0. The molecule has 1 heterocycles. The van der Waals surface area contributed by atoms with Gasteiger partial charge < -0.3 is 16.0 Å². The van der Waals surface area contributed by atoms with E-state index < -0.39 is 0 Å². The van der Waals surface area contributed by atoms with Gasteiger partial charge in [0, 0.05) is 24.7 Å². The second-order valence-corrected chi connectivity index (χ2v) is 4.18. The van der Waals surface area contributed by atoms with Gasteiger partial charge in [0.15, 0.2) is 0 Å². The summed E-state index contributed by atoms with van der Waals surface area (Å²) in [4.78, 5) is 11.4. The molecule has 3 N–H and O–H groups in total. The Morgan fingerprint density at radius 1 is 1.44 bits per heavy atom.